The lowest BCUT2D eigenvalue weighted by Crippen LogP contribution is -2.62. The predicted octanol–water partition coefficient (Wildman–Crippen LogP) is 6.03. The molecule has 0 amide bonds. The van der Waals surface area contributed by atoms with Crippen LogP contribution in [0.5, 0.6) is 0 Å². The molecule has 1 rings (SSSR count). The molecule has 0 saturated heterocycles. The van der Waals surface area contributed by atoms with Crippen molar-refractivity contribution in [2.45, 2.75) is 154 Å². The first-order chi connectivity index (χ1) is 14.6. The third kappa shape index (κ3) is 11.5. The summed E-state index contributed by atoms with van der Waals surface area (Å²) >= 11 is 0. The smallest absolute Gasteiger partial charge is 0.108 e. The number of nitrogens with two attached hydrogens (primary N) is 1. The van der Waals surface area contributed by atoms with Crippen molar-refractivity contribution in [1.82, 2.24) is 5.32 Å². The number of unbranched alkanes of at least 4 members (excludes halogenated alkanes) is 8. The minimum Gasteiger partial charge on any atom is -0.394 e. The van der Waals surface area contributed by atoms with Gasteiger partial charge in [0.2, 0.25) is 0 Å². The van der Waals surface area contributed by atoms with E-state index in [4.69, 9.17) is 5.73 Å². The van der Waals surface area contributed by atoms with Gasteiger partial charge in [-0.1, -0.05) is 110 Å². The van der Waals surface area contributed by atoms with Gasteiger partial charge in [0.15, 0.2) is 0 Å². The van der Waals surface area contributed by atoms with E-state index in [9.17, 15) is 10.2 Å². The molecule has 1 saturated carbocycles. The lowest BCUT2D eigenvalue weighted by Gasteiger charge is -2.39. The van der Waals surface area contributed by atoms with Gasteiger partial charge in [-0.2, -0.15) is 0 Å². The van der Waals surface area contributed by atoms with E-state index < -0.39 is 11.8 Å². The zero-order valence-electron chi connectivity index (χ0n) is 20.3. The van der Waals surface area contributed by atoms with Crippen LogP contribution in [0.1, 0.15) is 136 Å². The van der Waals surface area contributed by atoms with Crippen molar-refractivity contribution in [3.05, 3.63) is 0 Å². The summed E-state index contributed by atoms with van der Waals surface area (Å²) in [5.41, 5.74) is 6.06. The number of hydrogen-bond acceptors (Lipinski definition) is 4. The molecule has 0 bridgehead atoms. The van der Waals surface area contributed by atoms with E-state index in [1.165, 1.54) is 83.5 Å². The van der Waals surface area contributed by atoms with E-state index >= 15 is 0 Å². The van der Waals surface area contributed by atoms with Crippen LogP contribution in [0.3, 0.4) is 0 Å². The van der Waals surface area contributed by atoms with Crippen molar-refractivity contribution in [2.24, 2.45) is 11.7 Å². The lowest BCUT2D eigenvalue weighted by molar-refractivity contribution is 0.0270. The highest BCUT2D eigenvalue weighted by Gasteiger charge is 2.36. The van der Waals surface area contributed by atoms with E-state index in [1.54, 1.807) is 0 Å². The first-order valence-electron chi connectivity index (χ1n) is 13.4. The Bertz CT molecular complexity index is 379. The van der Waals surface area contributed by atoms with Crippen molar-refractivity contribution in [3.8, 4) is 0 Å². The molecule has 3 unspecified atom stereocenters. The average molecular weight is 427 g/mol. The van der Waals surface area contributed by atoms with Crippen LogP contribution < -0.4 is 11.1 Å². The molecule has 0 aromatic rings. The van der Waals surface area contributed by atoms with Crippen molar-refractivity contribution < 1.29 is 10.2 Å². The van der Waals surface area contributed by atoms with E-state index in [0.717, 1.165) is 38.5 Å². The van der Waals surface area contributed by atoms with Crippen LogP contribution in [0, 0.1) is 5.92 Å². The molecule has 0 radical (unpaired) electrons. The molecule has 0 heterocycles. The Labute approximate surface area is 187 Å². The van der Waals surface area contributed by atoms with Gasteiger partial charge in [-0.05, 0) is 31.6 Å². The van der Waals surface area contributed by atoms with Crippen molar-refractivity contribution >= 4 is 0 Å². The Morgan fingerprint density at radius 3 is 1.93 bits per heavy atom. The minimum atomic E-state index is -0.613. The topological polar surface area (TPSA) is 78.5 Å². The molecule has 1 aliphatic rings. The van der Waals surface area contributed by atoms with Gasteiger partial charge in [0.1, 0.15) is 6.23 Å². The van der Waals surface area contributed by atoms with Crippen LogP contribution in [0.4, 0.5) is 0 Å². The molecule has 30 heavy (non-hydrogen) atoms. The van der Waals surface area contributed by atoms with Crippen LogP contribution in [0.25, 0.3) is 0 Å². The van der Waals surface area contributed by atoms with E-state index in [-0.39, 0.29) is 12.6 Å². The van der Waals surface area contributed by atoms with Gasteiger partial charge in [0.25, 0.3) is 0 Å². The van der Waals surface area contributed by atoms with Gasteiger partial charge in [-0.3, -0.25) is 5.32 Å². The molecular weight excluding hydrogens is 372 g/mol. The third-order valence-corrected chi connectivity index (χ3v) is 7.30. The molecule has 0 spiro atoms. The molecule has 1 aliphatic carbocycles. The van der Waals surface area contributed by atoms with Crippen LogP contribution in [-0.2, 0) is 0 Å². The molecule has 0 aromatic heterocycles. The summed E-state index contributed by atoms with van der Waals surface area (Å²) in [6.45, 7) is 4.50. The molecule has 3 atom stereocenters. The van der Waals surface area contributed by atoms with Crippen LogP contribution in [-0.4, -0.2) is 34.6 Å². The van der Waals surface area contributed by atoms with E-state index in [1.807, 2.05) is 0 Å². The number of rotatable bonds is 16. The number of hydrogen-bond donors (Lipinski definition) is 4. The summed E-state index contributed by atoms with van der Waals surface area (Å²) in [7, 11) is 0. The predicted molar refractivity (Wildman–Crippen MR) is 129 cm³/mol. The molecule has 0 aliphatic heterocycles. The molecule has 5 N–H and O–H groups in total. The fraction of sp³-hybridized carbons (Fsp3) is 1.00. The number of aliphatic hydroxyl groups excluding tert-OH is 2. The summed E-state index contributed by atoms with van der Waals surface area (Å²) in [5, 5.41) is 24.8. The highest BCUT2D eigenvalue weighted by molar-refractivity contribution is 4.97. The largest absolute Gasteiger partial charge is 0.394 e. The zero-order chi connectivity index (χ0) is 22.1. The lowest BCUT2D eigenvalue weighted by atomic mass is 9.83. The van der Waals surface area contributed by atoms with Gasteiger partial charge in [0.05, 0.1) is 12.1 Å². The maximum absolute atomic E-state index is 11.2. The molecule has 4 heteroatoms. The second-order valence-corrected chi connectivity index (χ2v) is 10.0. The first kappa shape index (κ1) is 27.9. The third-order valence-electron chi connectivity index (χ3n) is 7.30. The summed E-state index contributed by atoms with van der Waals surface area (Å²) in [5.74, 6) is 0.295. The molecule has 0 aromatic carbocycles. The minimum absolute atomic E-state index is 0.00159. The van der Waals surface area contributed by atoms with Crippen LogP contribution in [0.15, 0.2) is 0 Å². The molecule has 1 fully saturated rings. The first-order valence-corrected chi connectivity index (χ1v) is 13.4. The van der Waals surface area contributed by atoms with E-state index in [2.05, 4.69) is 19.2 Å². The standard InChI is InChI=1S/C26H54N2O2/c1-3-5-7-10-14-18-23(19-15-11-8-6-4-2)25(30)28-24-20-16-12-9-13-17-21-26(24,27)22-29/h23-25,28-30H,3-22,27H2,1-2H3. The Balaban J connectivity index is 2.66. The zero-order valence-corrected chi connectivity index (χ0v) is 20.3. The van der Waals surface area contributed by atoms with Crippen molar-refractivity contribution in [3.63, 3.8) is 0 Å². The van der Waals surface area contributed by atoms with Crippen LogP contribution >= 0.6 is 0 Å². The average Bonchev–Trinajstić information content (AvgIpc) is 2.83. The number of aliphatic hydroxyl groups is 2. The molecular formula is C26H54N2O2. The monoisotopic (exact) mass is 426 g/mol. The van der Waals surface area contributed by atoms with E-state index in [0.29, 0.717) is 5.92 Å². The summed E-state index contributed by atoms with van der Waals surface area (Å²) < 4.78 is 0. The second kappa shape index (κ2) is 17.4. The van der Waals surface area contributed by atoms with Gasteiger partial charge in [0, 0.05) is 6.04 Å². The summed E-state index contributed by atoms with van der Waals surface area (Å²) in [6, 6.07) is -0.00159. The van der Waals surface area contributed by atoms with Gasteiger partial charge in [-0.15, -0.1) is 0 Å². The fourth-order valence-electron chi connectivity index (χ4n) is 5.06. The maximum Gasteiger partial charge on any atom is 0.108 e. The van der Waals surface area contributed by atoms with Crippen molar-refractivity contribution in [2.75, 3.05) is 6.61 Å². The fourth-order valence-corrected chi connectivity index (χ4v) is 5.06. The highest BCUT2D eigenvalue weighted by atomic mass is 16.3. The summed E-state index contributed by atoms with van der Waals surface area (Å²) in [6.07, 6.45) is 22.1. The normalized spacial score (nSPS) is 24.4. The van der Waals surface area contributed by atoms with Crippen LogP contribution in [0.2, 0.25) is 0 Å². The summed E-state index contributed by atoms with van der Waals surface area (Å²) in [4.78, 5) is 0. The second-order valence-electron chi connectivity index (χ2n) is 10.0. The Hall–Kier alpha value is -0.160. The van der Waals surface area contributed by atoms with Crippen molar-refractivity contribution in [1.29, 1.82) is 0 Å². The quantitative estimate of drug-likeness (QED) is 0.179. The number of nitrogens with one attached hydrogen (secondary N) is 1. The van der Waals surface area contributed by atoms with Gasteiger partial charge in [-0.25, -0.2) is 0 Å². The Morgan fingerprint density at radius 2 is 1.37 bits per heavy atom. The SMILES string of the molecule is CCCCCCCC(CCCCCCC)C(O)NC1CCCCCCCC1(N)CO. The molecule has 180 valence electrons. The Kier molecular flexibility index (Phi) is 16.2. The maximum atomic E-state index is 11.2. The molecule has 4 nitrogen and oxygen atoms in total. The Morgan fingerprint density at radius 1 is 0.833 bits per heavy atom. The highest BCUT2D eigenvalue weighted by Crippen LogP contribution is 2.27. The van der Waals surface area contributed by atoms with Gasteiger partial charge >= 0.3 is 0 Å². The van der Waals surface area contributed by atoms with Gasteiger partial charge < -0.3 is 15.9 Å².